The van der Waals surface area contributed by atoms with E-state index in [0.29, 0.717) is 6.54 Å². The molecule has 0 aromatic carbocycles. The van der Waals surface area contributed by atoms with Gasteiger partial charge in [-0.2, -0.15) is 0 Å². The zero-order chi connectivity index (χ0) is 18.1. The van der Waals surface area contributed by atoms with E-state index in [1.165, 1.54) is 14.0 Å². The van der Waals surface area contributed by atoms with Gasteiger partial charge in [0.05, 0.1) is 24.1 Å². The molecule has 2 N–H and O–H groups in total. The Bertz CT molecular complexity index is 641. The Balaban J connectivity index is 1.85. The quantitative estimate of drug-likeness (QED) is 0.758. The van der Waals surface area contributed by atoms with E-state index in [1.807, 2.05) is 11.7 Å². The monoisotopic (exact) mass is 384 g/mol. The van der Waals surface area contributed by atoms with Crippen LogP contribution in [0.5, 0.6) is 0 Å². The van der Waals surface area contributed by atoms with Crippen LogP contribution in [0.4, 0.5) is 0 Å². The van der Waals surface area contributed by atoms with Gasteiger partial charge in [-0.25, -0.2) is 0 Å². The Hall–Kier alpha value is -1.16. The lowest BCUT2D eigenvalue weighted by Crippen LogP contribution is -2.68. The van der Waals surface area contributed by atoms with Gasteiger partial charge in [0.15, 0.2) is 5.12 Å². The van der Waals surface area contributed by atoms with E-state index in [2.05, 4.69) is 27.4 Å². The van der Waals surface area contributed by atoms with Crippen molar-refractivity contribution < 1.29 is 14.3 Å². The first-order valence-corrected chi connectivity index (χ1v) is 10.2. The number of thioether (sulfide) groups is 1. The number of amides is 1. The smallest absolute Gasteiger partial charge is 0.309 e. The minimum atomic E-state index is -0.725. The van der Waals surface area contributed by atoms with Gasteiger partial charge in [0, 0.05) is 36.8 Å². The third-order valence-corrected chi connectivity index (χ3v) is 7.38. The average molecular weight is 385 g/mol. The van der Waals surface area contributed by atoms with Gasteiger partial charge < -0.3 is 10.1 Å². The van der Waals surface area contributed by atoms with Crippen molar-refractivity contribution in [2.75, 3.05) is 26.0 Å². The lowest BCUT2D eigenvalue weighted by molar-refractivity contribution is -0.148. The molecule has 2 aliphatic heterocycles. The number of aromatic nitrogens is 1. The van der Waals surface area contributed by atoms with Crippen molar-refractivity contribution in [1.82, 2.24) is 20.5 Å². The number of esters is 1. The summed E-state index contributed by atoms with van der Waals surface area (Å²) in [6.07, 6.45) is 3.58. The Morgan fingerprint density at radius 2 is 2.32 bits per heavy atom. The van der Waals surface area contributed by atoms with Crippen LogP contribution in [0.15, 0.2) is 11.7 Å². The van der Waals surface area contributed by atoms with E-state index in [-0.39, 0.29) is 23.3 Å². The standard InChI is InChI=1S/C16H24N4O3S2/c1-11(21)18-16(20-6-4-5-12(8-20)14(22)23-3)19-15(2,9-25-16)13-7-17-10-24-13/h7,10,12,19H,4-6,8-9H2,1-3H3,(H,18,21). The number of nitrogens with one attached hydrogen (secondary N) is 2. The molecule has 2 saturated heterocycles. The number of thiazole rings is 1. The molecule has 3 unspecified atom stereocenters. The van der Waals surface area contributed by atoms with Gasteiger partial charge in [0.1, 0.15) is 0 Å². The predicted octanol–water partition coefficient (Wildman–Crippen LogP) is 1.33. The SMILES string of the molecule is COC(=O)C1CCCN(C2(NC(C)=O)NC(C)(c3cncs3)CS2)C1. The van der Waals surface area contributed by atoms with E-state index < -0.39 is 5.12 Å². The molecular formula is C16H24N4O3S2. The lowest BCUT2D eigenvalue weighted by atomic mass is 9.98. The van der Waals surface area contributed by atoms with E-state index in [1.54, 1.807) is 23.1 Å². The highest BCUT2D eigenvalue weighted by atomic mass is 32.2. The van der Waals surface area contributed by atoms with Gasteiger partial charge in [-0.3, -0.25) is 24.8 Å². The molecule has 0 saturated carbocycles. The number of carbonyl (C=O) groups is 2. The highest BCUT2D eigenvalue weighted by molar-refractivity contribution is 8.00. The van der Waals surface area contributed by atoms with Crippen LogP contribution in [0, 0.1) is 5.92 Å². The molecule has 3 heterocycles. The second-order valence-corrected chi connectivity index (χ2v) is 8.80. The summed E-state index contributed by atoms with van der Waals surface area (Å²) in [7, 11) is 1.42. The summed E-state index contributed by atoms with van der Waals surface area (Å²) < 4.78 is 4.93. The van der Waals surface area contributed by atoms with Crippen molar-refractivity contribution in [1.29, 1.82) is 0 Å². The maximum Gasteiger partial charge on any atom is 0.309 e. The van der Waals surface area contributed by atoms with Gasteiger partial charge in [0.2, 0.25) is 5.91 Å². The summed E-state index contributed by atoms with van der Waals surface area (Å²) in [4.78, 5) is 31.4. The van der Waals surface area contributed by atoms with Crippen LogP contribution in [-0.2, 0) is 19.9 Å². The number of nitrogens with zero attached hydrogens (tertiary/aromatic N) is 2. The number of piperidine rings is 1. The molecular weight excluding hydrogens is 360 g/mol. The summed E-state index contributed by atoms with van der Waals surface area (Å²) in [5, 5.41) is 6.00. The summed E-state index contributed by atoms with van der Waals surface area (Å²) in [6, 6.07) is 0. The van der Waals surface area contributed by atoms with Gasteiger partial charge in [-0.05, 0) is 19.8 Å². The second-order valence-electron chi connectivity index (χ2n) is 6.74. The summed E-state index contributed by atoms with van der Waals surface area (Å²) in [6.45, 7) is 5.02. The van der Waals surface area contributed by atoms with Crippen LogP contribution < -0.4 is 10.6 Å². The van der Waals surface area contributed by atoms with Gasteiger partial charge in [-0.15, -0.1) is 11.3 Å². The van der Waals surface area contributed by atoms with Crippen molar-refractivity contribution in [2.45, 2.75) is 37.3 Å². The van der Waals surface area contributed by atoms with E-state index in [0.717, 1.165) is 30.0 Å². The maximum absolute atomic E-state index is 12.0. The number of carbonyl (C=O) groups excluding carboxylic acids is 2. The fraction of sp³-hybridized carbons (Fsp3) is 0.688. The Morgan fingerprint density at radius 3 is 2.96 bits per heavy atom. The summed E-state index contributed by atoms with van der Waals surface area (Å²) >= 11 is 3.26. The topological polar surface area (TPSA) is 83.6 Å². The van der Waals surface area contributed by atoms with Crippen molar-refractivity contribution in [3.05, 3.63) is 16.6 Å². The van der Waals surface area contributed by atoms with Crippen LogP contribution >= 0.6 is 23.1 Å². The van der Waals surface area contributed by atoms with Crippen LogP contribution in [0.3, 0.4) is 0 Å². The minimum Gasteiger partial charge on any atom is -0.469 e. The van der Waals surface area contributed by atoms with Gasteiger partial charge >= 0.3 is 5.97 Å². The predicted molar refractivity (Wildman–Crippen MR) is 97.9 cm³/mol. The molecule has 9 heteroatoms. The van der Waals surface area contributed by atoms with Gasteiger partial charge in [0.25, 0.3) is 0 Å². The highest BCUT2D eigenvalue weighted by Crippen LogP contribution is 2.43. The number of ether oxygens (including phenoxy) is 1. The first-order valence-electron chi connectivity index (χ1n) is 8.32. The molecule has 0 bridgehead atoms. The van der Waals surface area contributed by atoms with E-state index in [4.69, 9.17) is 4.74 Å². The molecule has 0 aliphatic carbocycles. The van der Waals surface area contributed by atoms with Crippen LogP contribution in [0.25, 0.3) is 0 Å². The van der Waals surface area contributed by atoms with Crippen molar-refractivity contribution in [3.63, 3.8) is 0 Å². The zero-order valence-electron chi connectivity index (χ0n) is 14.7. The first-order chi connectivity index (χ1) is 11.9. The van der Waals surface area contributed by atoms with Crippen molar-refractivity contribution in [2.24, 2.45) is 5.92 Å². The largest absolute Gasteiger partial charge is 0.469 e. The third-order valence-electron chi connectivity index (χ3n) is 4.74. The number of hydrogen-bond acceptors (Lipinski definition) is 8. The fourth-order valence-electron chi connectivity index (χ4n) is 3.49. The maximum atomic E-state index is 12.0. The average Bonchev–Trinajstić information content (AvgIpc) is 3.24. The fourth-order valence-corrected chi connectivity index (χ4v) is 5.91. The summed E-state index contributed by atoms with van der Waals surface area (Å²) in [5.41, 5.74) is 1.53. The third kappa shape index (κ3) is 3.69. The first kappa shape index (κ1) is 18.6. The molecule has 0 radical (unpaired) electrons. The Labute approximate surface area is 155 Å². The molecule has 3 atom stereocenters. The van der Waals surface area contributed by atoms with Crippen LogP contribution in [-0.4, -0.2) is 52.8 Å². The Morgan fingerprint density at radius 1 is 1.52 bits per heavy atom. The van der Waals surface area contributed by atoms with Gasteiger partial charge in [-0.1, -0.05) is 11.8 Å². The lowest BCUT2D eigenvalue weighted by Gasteiger charge is -2.45. The van der Waals surface area contributed by atoms with Crippen molar-refractivity contribution in [3.8, 4) is 0 Å². The number of rotatable bonds is 4. The number of methoxy groups -OCH3 is 1. The van der Waals surface area contributed by atoms with Crippen LogP contribution in [0.2, 0.25) is 0 Å². The molecule has 3 rings (SSSR count). The van der Waals surface area contributed by atoms with E-state index in [9.17, 15) is 9.59 Å². The molecule has 0 spiro atoms. The molecule has 2 aliphatic rings. The molecule has 1 aromatic rings. The molecule has 2 fully saturated rings. The molecule has 138 valence electrons. The summed E-state index contributed by atoms with van der Waals surface area (Å²) in [5.74, 6) is 0.348. The van der Waals surface area contributed by atoms with E-state index >= 15 is 0 Å². The minimum absolute atomic E-state index is 0.103. The highest BCUT2D eigenvalue weighted by Gasteiger charge is 2.52. The Kier molecular flexibility index (Phi) is 5.38. The molecule has 25 heavy (non-hydrogen) atoms. The molecule has 1 amide bonds. The normalized spacial score (nSPS) is 33.2. The van der Waals surface area contributed by atoms with Crippen LogP contribution in [0.1, 0.15) is 31.6 Å². The molecule has 1 aromatic heterocycles. The zero-order valence-corrected chi connectivity index (χ0v) is 16.3. The number of likely N-dealkylation sites (tertiary alicyclic amines) is 1. The second kappa shape index (κ2) is 7.22. The molecule has 7 nitrogen and oxygen atoms in total. The van der Waals surface area contributed by atoms with Crippen molar-refractivity contribution >= 4 is 35.0 Å². The number of hydrogen-bond donors (Lipinski definition) is 2.